The van der Waals surface area contributed by atoms with Gasteiger partial charge in [0.25, 0.3) is 0 Å². The zero-order chi connectivity index (χ0) is 17.2. The molecule has 3 N–H and O–H groups in total. The molecule has 24 heavy (non-hydrogen) atoms. The van der Waals surface area contributed by atoms with Crippen LogP contribution in [0.1, 0.15) is 17.7 Å². The Morgan fingerprint density at radius 1 is 1.25 bits per heavy atom. The molecular weight excluding hydrogens is 331 g/mol. The van der Waals surface area contributed by atoms with Gasteiger partial charge in [0.15, 0.2) is 0 Å². The highest BCUT2D eigenvalue weighted by Gasteiger charge is 2.46. The molecule has 1 aliphatic carbocycles. The van der Waals surface area contributed by atoms with E-state index in [1.54, 1.807) is 0 Å². The van der Waals surface area contributed by atoms with E-state index < -0.39 is 23.2 Å². The van der Waals surface area contributed by atoms with Crippen molar-refractivity contribution in [3.63, 3.8) is 0 Å². The van der Waals surface area contributed by atoms with Crippen LogP contribution in [-0.2, 0) is 15.2 Å². The van der Waals surface area contributed by atoms with Crippen LogP contribution in [0.3, 0.4) is 0 Å². The Morgan fingerprint density at radius 3 is 2.67 bits per heavy atom. The van der Waals surface area contributed by atoms with Crippen molar-refractivity contribution in [1.29, 1.82) is 0 Å². The van der Waals surface area contributed by atoms with Gasteiger partial charge in [0, 0.05) is 10.6 Å². The number of hydrogen-bond acceptors (Lipinski definition) is 4. The molecule has 1 heterocycles. The van der Waals surface area contributed by atoms with E-state index in [1.807, 2.05) is 17.5 Å². The minimum Gasteiger partial charge on any atom is -0.382 e. The largest absolute Gasteiger partial charge is 0.382 e. The van der Waals surface area contributed by atoms with Crippen molar-refractivity contribution < 1.29 is 19.1 Å². The van der Waals surface area contributed by atoms with Crippen LogP contribution in [0.25, 0.3) is 0 Å². The summed E-state index contributed by atoms with van der Waals surface area (Å²) in [5.41, 5.74) is -0.950. The van der Waals surface area contributed by atoms with Crippen molar-refractivity contribution in [2.24, 2.45) is 5.92 Å². The van der Waals surface area contributed by atoms with Gasteiger partial charge >= 0.3 is 11.8 Å². The summed E-state index contributed by atoms with van der Waals surface area (Å²) in [6, 6.07) is 8.95. The van der Waals surface area contributed by atoms with Crippen LogP contribution in [0.5, 0.6) is 0 Å². The SMILES string of the molecule is O=C(NCC(O)(c1cccs1)C1CC1)C(=O)Nc1cccc(F)c1. The standard InChI is InChI=1S/C17H17FN2O3S/c18-12-3-1-4-13(9-12)20-16(22)15(21)19-10-17(23,11-6-7-11)14-5-2-8-24-14/h1-5,8-9,11,23H,6-7,10H2,(H,19,21)(H,20,22). The van der Waals surface area contributed by atoms with E-state index in [0.29, 0.717) is 0 Å². The molecule has 7 heteroatoms. The van der Waals surface area contributed by atoms with Crippen LogP contribution in [0.15, 0.2) is 41.8 Å². The first-order valence-electron chi connectivity index (χ1n) is 7.60. The number of anilines is 1. The van der Waals surface area contributed by atoms with E-state index in [2.05, 4.69) is 10.6 Å². The van der Waals surface area contributed by atoms with Crippen LogP contribution in [0.2, 0.25) is 0 Å². The van der Waals surface area contributed by atoms with Crippen molar-refractivity contribution in [3.8, 4) is 0 Å². The van der Waals surface area contributed by atoms with E-state index >= 15 is 0 Å². The van der Waals surface area contributed by atoms with Crippen LogP contribution < -0.4 is 10.6 Å². The quantitative estimate of drug-likeness (QED) is 0.725. The zero-order valence-corrected chi connectivity index (χ0v) is 13.6. The third-order valence-corrected chi connectivity index (χ3v) is 5.04. The average Bonchev–Trinajstić information content (AvgIpc) is 3.27. The van der Waals surface area contributed by atoms with Crippen molar-refractivity contribution in [2.45, 2.75) is 18.4 Å². The van der Waals surface area contributed by atoms with Gasteiger partial charge < -0.3 is 15.7 Å². The number of carbonyl (C=O) groups excluding carboxylic acids is 2. The molecule has 1 atom stereocenters. The number of benzene rings is 1. The summed E-state index contributed by atoms with van der Waals surface area (Å²) < 4.78 is 13.1. The Balaban J connectivity index is 1.61. The zero-order valence-electron chi connectivity index (χ0n) is 12.8. The van der Waals surface area contributed by atoms with Crippen molar-refractivity contribution in [1.82, 2.24) is 5.32 Å². The molecule has 0 aliphatic heterocycles. The van der Waals surface area contributed by atoms with Gasteiger partial charge in [-0.3, -0.25) is 9.59 Å². The van der Waals surface area contributed by atoms with Crippen LogP contribution in [0, 0.1) is 11.7 Å². The number of aliphatic hydroxyl groups is 1. The van der Waals surface area contributed by atoms with Crippen LogP contribution in [-0.4, -0.2) is 23.5 Å². The number of thiophene rings is 1. The predicted octanol–water partition coefficient (Wildman–Crippen LogP) is 2.24. The molecule has 0 saturated heterocycles. The molecule has 1 aromatic carbocycles. The molecule has 126 valence electrons. The predicted molar refractivity (Wildman–Crippen MR) is 89.0 cm³/mol. The molecule has 1 saturated carbocycles. The molecule has 0 bridgehead atoms. The van der Waals surface area contributed by atoms with Gasteiger partial charge in [-0.15, -0.1) is 11.3 Å². The number of amides is 2. The van der Waals surface area contributed by atoms with E-state index in [9.17, 15) is 19.1 Å². The van der Waals surface area contributed by atoms with Gasteiger partial charge in [0.1, 0.15) is 11.4 Å². The molecule has 5 nitrogen and oxygen atoms in total. The fourth-order valence-electron chi connectivity index (χ4n) is 2.57. The summed E-state index contributed by atoms with van der Waals surface area (Å²) in [5, 5.41) is 17.6. The maximum atomic E-state index is 13.1. The first-order valence-corrected chi connectivity index (χ1v) is 8.48. The molecule has 0 spiro atoms. The van der Waals surface area contributed by atoms with E-state index in [0.717, 1.165) is 23.8 Å². The summed E-state index contributed by atoms with van der Waals surface area (Å²) in [4.78, 5) is 24.6. The number of halogens is 1. The molecule has 1 fully saturated rings. The lowest BCUT2D eigenvalue weighted by atomic mass is 9.95. The first-order chi connectivity index (χ1) is 11.5. The second-order valence-electron chi connectivity index (χ2n) is 5.82. The first kappa shape index (κ1) is 16.6. The van der Waals surface area contributed by atoms with E-state index in [4.69, 9.17) is 0 Å². The lowest BCUT2D eigenvalue weighted by Gasteiger charge is -2.27. The van der Waals surface area contributed by atoms with Gasteiger partial charge in [-0.1, -0.05) is 12.1 Å². The van der Waals surface area contributed by atoms with Gasteiger partial charge in [0.05, 0.1) is 6.54 Å². The van der Waals surface area contributed by atoms with Gasteiger partial charge in [-0.25, -0.2) is 4.39 Å². The summed E-state index contributed by atoms with van der Waals surface area (Å²) >= 11 is 1.42. The Kier molecular flexibility index (Phi) is 4.64. The molecule has 2 amide bonds. The lowest BCUT2D eigenvalue weighted by molar-refractivity contribution is -0.137. The Labute approximate surface area is 142 Å². The third-order valence-electron chi connectivity index (χ3n) is 4.01. The molecule has 1 aromatic heterocycles. The normalized spacial score (nSPS) is 16.2. The second-order valence-corrected chi connectivity index (χ2v) is 6.77. The summed E-state index contributed by atoms with van der Waals surface area (Å²) in [5.74, 6) is -2.18. The Hall–Kier alpha value is -2.25. The van der Waals surface area contributed by atoms with Crippen LogP contribution in [0.4, 0.5) is 10.1 Å². The minimum absolute atomic E-state index is 0.0341. The van der Waals surface area contributed by atoms with Gasteiger partial charge in [-0.2, -0.15) is 0 Å². The fourth-order valence-corrected chi connectivity index (χ4v) is 3.47. The number of hydrogen-bond donors (Lipinski definition) is 3. The van der Waals surface area contributed by atoms with Crippen molar-refractivity contribution in [2.75, 3.05) is 11.9 Å². The average molecular weight is 348 g/mol. The molecule has 1 unspecified atom stereocenters. The number of carbonyl (C=O) groups is 2. The van der Waals surface area contributed by atoms with Crippen molar-refractivity contribution >= 4 is 28.8 Å². The van der Waals surface area contributed by atoms with Gasteiger partial charge in [-0.05, 0) is 48.4 Å². The molecular formula is C17H17FN2O3S. The topological polar surface area (TPSA) is 78.4 Å². The monoisotopic (exact) mass is 348 g/mol. The summed E-state index contributed by atoms with van der Waals surface area (Å²) in [6.45, 7) is -0.0341. The molecule has 1 aliphatic rings. The van der Waals surface area contributed by atoms with Crippen LogP contribution >= 0.6 is 11.3 Å². The highest BCUT2D eigenvalue weighted by atomic mass is 32.1. The van der Waals surface area contributed by atoms with Crippen molar-refractivity contribution in [3.05, 3.63) is 52.5 Å². The van der Waals surface area contributed by atoms with E-state index in [1.165, 1.54) is 29.5 Å². The smallest absolute Gasteiger partial charge is 0.313 e. The number of nitrogens with one attached hydrogen (secondary N) is 2. The van der Waals surface area contributed by atoms with Gasteiger partial charge in [0.2, 0.25) is 0 Å². The summed E-state index contributed by atoms with van der Waals surface area (Å²) in [6.07, 6.45) is 1.78. The highest BCUT2D eigenvalue weighted by molar-refractivity contribution is 7.10. The summed E-state index contributed by atoms with van der Waals surface area (Å²) in [7, 11) is 0. The third kappa shape index (κ3) is 3.63. The highest BCUT2D eigenvalue weighted by Crippen LogP contribution is 2.46. The minimum atomic E-state index is -1.15. The molecule has 0 radical (unpaired) electrons. The lowest BCUT2D eigenvalue weighted by Crippen LogP contribution is -2.45. The Bertz CT molecular complexity index is 746. The maximum absolute atomic E-state index is 13.1. The molecule has 2 aromatic rings. The second kappa shape index (κ2) is 6.70. The fraction of sp³-hybridized carbons (Fsp3) is 0.294. The number of rotatable bonds is 5. The van der Waals surface area contributed by atoms with E-state index in [-0.39, 0.29) is 18.2 Å². The maximum Gasteiger partial charge on any atom is 0.313 e. The molecule has 3 rings (SSSR count). The Morgan fingerprint density at radius 2 is 2.04 bits per heavy atom.